The molecular formula is C11H17Br. The highest BCUT2D eigenvalue weighted by Gasteiger charge is 2.30. The summed E-state index contributed by atoms with van der Waals surface area (Å²) in [4.78, 5) is 2.20. The molecule has 68 valence electrons. The second kappa shape index (κ2) is 3.95. The lowest BCUT2D eigenvalue weighted by Gasteiger charge is -2.37. The monoisotopic (exact) mass is 228 g/mol. The van der Waals surface area contributed by atoms with Crippen LogP contribution in [0.5, 0.6) is 0 Å². The lowest BCUT2D eigenvalue weighted by Crippen LogP contribution is -2.24. The molecule has 2 rings (SSSR count). The van der Waals surface area contributed by atoms with E-state index in [0.29, 0.717) is 0 Å². The van der Waals surface area contributed by atoms with E-state index in [0.717, 1.165) is 11.8 Å². The fraction of sp³-hybridized carbons (Fsp3) is 0.818. The van der Waals surface area contributed by atoms with Crippen molar-refractivity contribution in [3.8, 4) is 0 Å². The number of allylic oxidation sites excluding steroid dienone is 1. The molecular weight excluding hydrogens is 212 g/mol. The van der Waals surface area contributed by atoms with E-state index in [1.54, 1.807) is 5.57 Å². The molecule has 0 N–H and O–H groups in total. The van der Waals surface area contributed by atoms with Crippen LogP contribution < -0.4 is 0 Å². The SMILES string of the molecule is Br/C=C1/CCCC2CCCCC12. The second-order valence-electron chi connectivity index (χ2n) is 4.23. The minimum atomic E-state index is 0.951. The van der Waals surface area contributed by atoms with E-state index in [9.17, 15) is 0 Å². The first kappa shape index (κ1) is 8.80. The van der Waals surface area contributed by atoms with Gasteiger partial charge in [0.15, 0.2) is 0 Å². The molecule has 0 saturated heterocycles. The molecule has 0 aromatic rings. The van der Waals surface area contributed by atoms with Gasteiger partial charge in [-0.25, -0.2) is 0 Å². The van der Waals surface area contributed by atoms with E-state index >= 15 is 0 Å². The number of hydrogen-bond acceptors (Lipinski definition) is 0. The Bertz CT molecular complexity index is 181. The average Bonchev–Trinajstić information content (AvgIpc) is 2.17. The molecule has 0 aromatic carbocycles. The van der Waals surface area contributed by atoms with Crippen LogP contribution >= 0.6 is 15.9 Å². The largest absolute Gasteiger partial charge is 0.0599 e. The highest BCUT2D eigenvalue weighted by atomic mass is 79.9. The van der Waals surface area contributed by atoms with E-state index in [1.807, 2.05) is 0 Å². The molecule has 0 aliphatic heterocycles. The van der Waals surface area contributed by atoms with Crippen LogP contribution in [0.4, 0.5) is 0 Å². The highest BCUT2D eigenvalue weighted by Crippen LogP contribution is 2.43. The van der Waals surface area contributed by atoms with Crippen LogP contribution in [0.25, 0.3) is 0 Å². The summed E-state index contributed by atoms with van der Waals surface area (Å²) in [5.41, 5.74) is 1.70. The summed E-state index contributed by atoms with van der Waals surface area (Å²) < 4.78 is 0. The zero-order chi connectivity index (χ0) is 8.39. The van der Waals surface area contributed by atoms with Crippen molar-refractivity contribution in [2.24, 2.45) is 11.8 Å². The van der Waals surface area contributed by atoms with Gasteiger partial charge in [-0.05, 0) is 48.9 Å². The second-order valence-corrected chi connectivity index (χ2v) is 4.69. The van der Waals surface area contributed by atoms with E-state index in [-0.39, 0.29) is 0 Å². The van der Waals surface area contributed by atoms with Gasteiger partial charge >= 0.3 is 0 Å². The third-order valence-corrected chi connectivity index (χ3v) is 4.15. The fourth-order valence-electron chi connectivity index (χ4n) is 2.93. The normalized spacial score (nSPS) is 39.6. The molecule has 2 fully saturated rings. The predicted molar refractivity (Wildman–Crippen MR) is 56.3 cm³/mol. The number of rotatable bonds is 0. The minimum absolute atomic E-state index is 0.951. The van der Waals surface area contributed by atoms with Crippen molar-refractivity contribution >= 4 is 15.9 Å². The summed E-state index contributed by atoms with van der Waals surface area (Å²) in [5, 5.41) is 0. The summed E-state index contributed by atoms with van der Waals surface area (Å²) in [7, 11) is 0. The molecule has 0 spiro atoms. The summed E-state index contributed by atoms with van der Waals surface area (Å²) in [6.45, 7) is 0. The lowest BCUT2D eigenvalue weighted by molar-refractivity contribution is 0.223. The molecule has 12 heavy (non-hydrogen) atoms. The number of halogens is 1. The van der Waals surface area contributed by atoms with Gasteiger partial charge in [0.05, 0.1) is 0 Å². The quantitative estimate of drug-likeness (QED) is 0.582. The van der Waals surface area contributed by atoms with Crippen molar-refractivity contribution in [3.05, 3.63) is 10.6 Å². The maximum Gasteiger partial charge on any atom is -0.0167 e. The summed E-state index contributed by atoms with van der Waals surface area (Å²) in [6.07, 6.45) is 10.2. The molecule has 0 aromatic heterocycles. The Balaban J connectivity index is 2.09. The molecule has 2 unspecified atom stereocenters. The first-order valence-corrected chi connectivity index (χ1v) is 6.12. The summed E-state index contributed by atoms with van der Waals surface area (Å²) >= 11 is 3.51. The van der Waals surface area contributed by atoms with Crippen molar-refractivity contribution in [2.45, 2.75) is 44.9 Å². The summed E-state index contributed by atoms with van der Waals surface area (Å²) in [5.74, 6) is 1.99. The Morgan fingerprint density at radius 1 is 1.08 bits per heavy atom. The standard InChI is InChI=1S/C11H17Br/c12-8-10-6-3-5-9-4-1-2-7-11(9)10/h8-9,11H,1-7H2/b10-8-. The fourth-order valence-corrected chi connectivity index (χ4v) is 3.50. The van der Waals surface area contributed by atoms with E-state index < -0.39 is 0 Å². The van der Waals surface area contributed by atoms with Crippen LogP contribution in [0.15, 0.2) is 10.6 Å². The van der Waals surface area contributed by atoms with Gasteiger partial charge in [-0.3, -0.25) is 0 Å². The van der Waals surface area contributed by atoms with Gasteiger partial charge in [0, 0.05) is 0 Å². The van der Waals surface area contributed by atoms with Crippen LogP contribution in [0.2, 0.25) is 0 Å². The van der Waals surface area contributed by atoms with Crippen LogP contribution in [-0.4, -0.2) is 0 Å². The molecule has 2 atom stereocenters. The Hall–Kier alpha value is 0.220. The summed E-state index contributed by atoms with van der Waals surface area (Å²) in [6, 6.07) is 0. The maximum absolute atomic E-state index is 3.51. The first-order chi connectivity index (χ1) is 5.92. The lowest BCUT2D eigenvalue weighted by atomic mass is 9.69. The Kier molecular flexibility index (Phi) is 2.90. The highest BCUT2D eigenvalue weighted by molar-refractivity contribution is 9.11. The molecule has 0 heterocycles. The van der Waals surface area contributed by atoms with Gasteiger partial charge in [0.1, 0.15) is 0 Å². The van der Waals surface area contributed by atoms with Crippen molar-refractivity contribution < 1.29 is 0 Å². The Morgan fingerprint density at radius 2 is 1.83 bits per heavy atom. The third-order valence-electron chi connectivity index (χ3n) is 3.57. The van der Waals surface area contributed by atoms with Crippen LogP contribution in [0, 0.1) is 11.8 Å². The Labute approximate surface area is 83.6 Å². The molecule has 2 aliphatic carbocycles. The Morgan fingerprint density at radius 3 is 2.67 bits per heavy atom. The smallest absolute Gasteiger partial charge is 0.0167 e. The van der Waals surface area contributed by atoms with E-state index in [4.69, 9.17) is 0 Å². The zero-order valence-corrected chi connectivity index (χ0v) is 9.15. The molecule has 0 nitrogen and oxygen atoms in total. The molecule has 0 bridgehead atoms. The van der Waals surface area contributed by atoms with Crippen LogP contribution in [0.3, 0.4) is 0 Å². The first-order valence-electron chi connectivity index (χ1n) is 5.21. The van der Waals surface area contributed by atoms with Crippen molar-refractivity contribution in [3.63, 3.8) is 0 Å². The van der Waals surface area contributed by atoms with Crippen LogP contribution in [0.1, 0.15) is 44.9 Å². The predicted octanol–water partition coefficient (Wildman–Crippen LogP) is 4.26. The third kappa shape index (κ3) is 1.61. The molecule has 1 heteroatoms. The molecule has 2 aliphatic rings. The molecule has 0 amide bonds. The van der Waals surface area contributed by atoms with Gasteiger partial charge in [-0.15, -0.1) is 0 Å². The van der Waals surface area contributed by atoms with Gasteiger partial charge in [-0.2, -0.15) is 0 Å². The topological polar surface area (TPSA) is 0 Å². The number of hydrogen-bond donors (Lipinski definition) is 0. The van der Waals surface area contributed by atoms with Gasteiger partial charge in [0.25, 0.3) is 0 Å². The average molecular weight is 229 g/mol. The van der Waals surface area contributed by atoms with Crippen molar-refractivity contribution in [1.82, 2.24) is 0 Å². The van der Waals surface area contributed by atoms with E-state index in [1.165, 1.54) is 44.9 Å². The van der Waals surface area contributed by atoms with Crippen molar-refractivity contribution in [2.75, 3.05) is 0 Å². The number of fused-ring (bicyclic) bond motifs is 1. The molecule has 2 saturated carbocycles. The van der Waals surface area contributed by atoms with E-state index in [2.05, 4.69) is 20.9 Å². The van der Waals surface area contributed by atoms with Gasteiger partial charge in [0.2, 0.25) is 0 Å². The van der Waals surface area contributed by atoms with Gasteiger partial charge < -0.3 is 0 Å². The van der Waals surface area contributed by atoms with Crippen LogP contribution in [-0.2, 0) is 0 Å². The molecule has 0 radical (unpaired) electrons. The van der Waals surface area contributed by atoms with Gasteiger partial charge in [-0.1, -0.05) is 34.3 Å². The van der Waals surface area contributed by atoms with Crippen molar-refractivity contribution in [1.29, 1.82) is 0 Å². The minimum Gasteiger partial charge on any atom is -0.0599 e. The zero-order valence-electron chi connectivity index (χ0n) is 7.56. The maximum atomic E-state index is 3.51.